The summed E-state index contributed by atoms with van der Waals surface area (Å²) < 4.78 is 5.10. The molecule has 2 rings (SSSR count). The number of methoxy groups -OCH3 is 1. The molecule has 2 aromatic carbocycles. The van der Waals surface area contributed by atoms with E-state index < -0.39 is 0 Å². The fraction of sp³-hybridized carbons (Fsp3) is 0.364. The summed E-state index contributed by atoms with van der Waals surface area (Å²) in [6.45, 7) is 3.30. The Labute approximate surface area is 172 Å². The third kappa shape index (κ3) is 7.46. The van der Waals surface area contributed by atoms with Gasteiger partial charge in [0.25, 0.3) is 0 Å². The third-order valence-electron chi connectivity index (χ3n) is 4.50. The Bertz CT molecular complexity index is 789. The monoisotopic (exact) mass is 398 g/mol. The first kappa shape index (κ1) is 22.2. The second-order valence-corrected chi connectivity index (χ2v) is 6.92. The predicted octanol–water partition coefficient (Wildman–Crippen LogP) is 2.34. The van der Waals surface area contributed by atoms with Crippen LogP contribution >= 0.6 is 0 Å². The van der Waals surface area contributed by atoms with Crippen LogP contribution in [0.25, 0.3) is 0 Å². The van der Waals surface area contributed by atoms with Crippen LogP contribution in [0.4, 0.5) is 11.4 Å². The summed E-state index contributed by atoms with van der Waals surface area (Å²) in [5.41, 5.74) is 2.84. The van der Waals surface area contributed by atoms with Gasteiger partial charge in [0.2, 0.25) is 11.8 Å². The van der Waals surface area contributed by atoms with Gasteiger partial charge in [0.1, 0.15) is 5.75 Å². The maximum absolute atomic E-state index is 12.3. The molecule has 0 saturated heterocycles. The first-order chi connectivity index (χ1) is 13.9. The molecule has 2 aromatic rings. The lowest BCUT2D eigenvalue weighted by Gasteiger charge is -2.19. The minimum absolute atomic E-state index is 0.110. The van der Waals surface area contributed by atoms with Crippen molar-refractivity contribution < 1.29 is 14.3 Å². The van der Waals surface area contributed by atoms with Crippen LogP contribution in [0.5, 0.6) is 5.75 Å². The van der Waals surface area contributed by atoms with Crippen molar-refractivity contribution >= 4 is 23.2 Å². The van der Waals surface area contributed by atoms with Crippen LogP contribution in [-0.2, 0) is 16.1 Å². The van der Waals surface area contributed by atoms with Crippen LogP contribution in [0, 0.1) is 0 Å². The molecule has 0 aliphatic carbocycles. The number of nitrogens with one attached hydrogen (secondary N) is 2. The van der Waals surface area contributed by atoms with Crippen molar-refractivity contribution in [3.05, 3.63) is 54.1 Å². The first-order valence-electron chi connectivity index (χ1n) is 9.60. The Kier molecular flexibility index (Phi) is 8.48. The topological polar surface area (TPSA) is 73.9 Å². The first-order valence-corrected chi connectivity index (χ1v) is 9.60. The zero-order valence-corrected chi connectivity index (χ0v) is 17.6. The minimum Gasteiger partial charge on any atom is -0.497 e. The highest BCUT2D eigenvalue weighted by molar-refractivity contribution is 5.92. The van der Waals surface area contributed by atoms with E-state index in [0.717, 1.165) is 17.0 Å². The van der Waals surface area contributed by atoms with E-state index in [2.05, 4.69) is 10.6 Å². The van der Waals surface area contributed by atoms with E-state index in [-0.39, 0.29) is 24.9 Å². The Hall–Kier alpha value is -3.06. The largest absolute Gasteiger partial charge is 0.497 e. The Morgan fingerprint density at radius 2 is 1.55 bits per heavy atom. The number of amides is 2. The van der Waals surface area contributed by atoms with Gasteiger partial charge in [-0.05, 0) is 48.5 Å². The van der Waals surface area contributed by atoms with Gasteiger partial charge in [-0.15, -0.1) is 0 Å². The molecule has 0 bridgehead atoms. The predicted molar refractivity (Wildman–Crippen MR) is 116 cm³/mol. The van der Waals surface area contributed by atoms with Gasteiger partial charge in [0.05, 0.1) is 20.2 Å². The Morgan fingerprint density at radius 3 is 2.10 bits per heavy atom. The highest BCUT2D eigenvalue weighted by Crippen LogP contribution is 2.15. The zero-order chi connectivity index (χ0) is 21.2. The van der Waals surface area contributed by atoms with Crippen LogP contribution in [-0.4, -0.2) is 57.6 Å². The van der Waals surface area contributed by atoms with E-state index in [4.69, 9.17) is 4.74 Å². The molecule has 0 radical (unpaired) electrons. The Morgan fingerprint density at radius 1 is 0.931 bits per heavy atom. The highest BCUT2D eigenvalue weighted by Gasteiger charge is 2.13. The maximum Gasteiger partial charge on any atom is 0.238 e. The number of hydrogen-bond acceptors (Lipinski definition) is 5. The number of nitrogens with zero attached hydrogens (tertiary/aromatic N) is 2. The summed E-state index contributed by atoms with van der Waals surface area (Å²) >= 11 is 0. The van der Waals surface area contributed by atoms with Gasteiger partial charge in [0.15, 0.2) is 0 Å². The molecule has 0 atom stereocenters. The van der Waals surface area contributed by atoms with Crippen molar-refractivity contribution in [1.82, 2.24) is 10.2 Å². The summed E-state index contributed by atoms with van der Waals surface area (Å²) in [6, 6.07) is 15.2. The molecule has 0 spiro atoms. The van der Waals surface area contributed by atoms with Crippen molar-refractivity contribution in [2.45, 2.75) is 13.5 Å². The fourth-order valence-corrected chi connectivity index (χ4v) is 2.73. The second kappa shape index (κ2) is 11.1. The number of hydrogen-bond donors (Lipinski definition) is 2. The average molecular weight is 399 g/mol. The highest BCUT2D eigenvalue weighted by atomic mass is 16.5. The van der Waals surface area contributed by atoms with Gasteiger partial charge in [-0.3, -0.25) is 14.5 Å². The number of ether oxygens (including phenoxy) is 1. The summed E-state index contributed by atoms with van der Waals surface area (Å²) in [4.78, 5) is 28.4. The van der Waals surface area contributed by atoms with Crippen molar-refractivity contribution in [2.24, 2.45) is 0 Å². The number of likely N-dealkylation sites (N-methyl/N-ethyl adjacent to an activating group) is 1. The van der Waals surface area contributed by atoms with Crippen LogP contribution in [0.2, 0.25) is 0 Å². The lowest BCUT2D eigenvalue weighted by atomic mass is 10.2. The fourth-order valence-electron chi connectivity index (χ4n) is 2.73. The van der Waals surface area contributed by atoms with Crippen LogP contribution < -0.4 is 20.3 Å². The van der Waals surface area contributed by atoms with Gasteiger partial charge in [-0.25, -0.2) is 0 Å². The molecule has 0 saturated carbocycles. The molecule has 0 aliphatic heterocycles. The number of anilines is 2. The lowest BCUT2D eigenvalue weighted by Crippen LogP contribution is -2.40. The van der Waals surface area contributed by atoms with Gasteiger partial charge in [-0.2, -0.15) is 0 Å². The van der Waals surface area contributed by atoms with Crippen molar-refractivity contribution in [1.29, 1.82) is 0 Å². The molecule has 0 heterocycles. The van der Waals surface area contributed by atoms with Crippen LogP contribution in [0.1, 0.15) is 12.5 Å². The minimum atomic E-state index is -0.163. The van der Waals surface area contributed by atoms with Crippen molar-refractivity contribution in [3.8, 4) is 5.75 Å². The molecular formula is C22H30N4O3. The summed E-state index contributed by atoms with van der Waals surface area (Å²) in [5.74, 6) is 0.455. The zero-order valence-electron chi connectivity index (χ0n) is 17.6. The van der Waals surface area contributed by atoms with Crippen LogP contribution in [0.15, 0.2) is 48.5 Å². The molecule has 7 nitrogen and oxygen atoms in total. The molecule has 29 heavy (non-hydrogen) atoms. The van der Waals surface area contributed by atoms with E-state index in [9.17, 15) is 9.59 Å². The SMILES string of the molecule is CCN(CC(=O)NCc1ccc(N(C)C)cc1)CC(=O)Nc1ccc(OC)cc1. The van der Waals surface area contributed by atoms with E-state index >= 15 is 0 Å². The normalized spacial score (nSPS) is 10.5. The quantitative estimate of drug-likeness (QED) is 0.643. The number of benzene rings is 2. The molecule has 0 aliphatic rings. The van der Waals surface area contributed by atoms with Gasteiger partial charge >= 0.3 is 0 Å². The average Bonchev–Trinajstić information content (AvgIpc) is 2.72. The number of rotatable bonds is 10. The molecule has 2 amide bonds. The van der Waals surface area contributed by atoms with Crippen LogP contribution in [0.3, 0.4) is 0 Å². The molecule has 7 heteroatoms. The third-order valence-corrected chi connectivity index (χ3v) is 4.50. The van der Waals surface area contributed by atoms with E-state index in [1.807, 2.05) is 50.2 Å². The van der Waals surface area contributed by atoms with Gasteiger partial charge < -0.3 is 20.3 Å². The molecule has 0 fully saturated rings. The van der Waals surface area contributed by atoms with E-state index in [1.54, 1.807) is 36.3 Å². The summed E-state index contributed by atoms with van der Waals surface area (Å²) in [5, 5.41) is 5.74. The Balaban J connectivity index is 1.78. The second-order valence-electron chi connectivity index (χ2n) is 6.92. The molecule has 156 valence electrons. The van der Waals surface area contributed by atoms with Crippen molar-refractivity contribution in [2.75, 3.05) is 51.1 Å². The number of carbonyl (C=O) groups excluding carboxylic acids is 2. The number of carbonyl (C=O) groups is 2. The van der Waals surface area contributed by atoms with E-state index in [1.165, 1.54) is 0 Å². The maximum atomic E-state index is 12.3. The summed E-state index contributed by atoms with van der Waals surface area (Å²) in [6.07, 6.45) is 0. The molecule has 0 aromatic heterocycles. The van der Waals surface area contributed by atoms with Gasteiger partial charge in [0, 0.05) is 32.0 Å². The van der Waals surface area contributed by atoms with Crippen molar-refractivity contribution in [3.63, 3.8) is 0 Å². The summed E-state index contributed by atoms with van der Waals surface area (Å²) in [7, 11) is 5.57. The standard InChI is InChI=1S/C22H30N4O3/c1-5-26(16-22(28)24-18-8-12-20(29-4)13-9-18)15-21(27)23-14-17-6-10-19(11-7-17)25(2)3/h6-13H,5,14-16H2,1-4H3,(H,23,27)(H,24,28). The molecular weight excluding hydrogens is 368 g/mol. The molecule has 2 N–H and O–H groups in total. The molecule has 0 unspecified atom stereocenters. The van der Waals surface area contributed by atoms with Gasteiger partial charge in [-0.1, -0.05) is 19.1 Å². The lowest BCUT2D eigenvalue weighted by molar-refractivity contribution is -0.123. The van der Waals surface area contributed by atoms with E-state index in [0.29, 0.717) is 18.8 Å². The smallest absolute Gasteiger partial charge is 0.238 e.